The first kappa shape index (κ1) is 9.46. The van der Waals surface area contributed by atoms with E-state index in [1.807, 2.05) is 6.07 Å². The maximum absolute atomic E-state index is 11.7. The number of carbonyl (C=O) groups excluding carboxylic acids is 1. The van der Waals surface area contributed by atoms with Crippen molar-refractivity contribution in [3.63, 3.8) is 0 Å². The van der Waals surface area contributed by atoms with Crippen LogP contribution in [0.25, 0.3) is 0 Å². The van der Waals surface area contributed by atoms with Crippen LogP contribution in [0.1, 0.15) is 31.3 Å². The van der Waals surface area contributed by atoms with E-state index in [0.717, 1.165) is 0 Å². The van der Waals surface area contributed by atoms with Gasteiger partial charge in [0.1, 0.15) is 18.1 Å². The molecule has 0 amide bonds. The van der Waals surface area contributed by atoms with Gasteiger partial charge in [-0.2, -0.15) is 5.26 Å². The third-order valence-electron chi connectivity index (χ3n) is 1.61. The Morgan fingerprint density at radius 2 is 2.23 bits per heavy atom. The molecule has 1 aromatic heterocycles. The van der Waals surface area contributed by atoms with E-state index in [1.165, 1.54) is 17.1 Å². The van der Waals surface area contributed by atoms with Crippen LogP contribution in [0.5, 0.6) is 0 Å². The van der Waals surface area contributed by atoms with Gasteiger partial charge in [0, 0.05) is 5.41 Å². The summed E-state index contributed by atoms with van der Waals surface area (Å²) in [5.74, 6) is -0.124. The van der Waals surface area contributed by atoms with Crippen molar-refractivity contribution in [2.75, 3.05) is 0 Å². The van der Waals surface area contributed by atoms with E-state index in [2.05, 4.69) is 4.98 Å². The van der Waals surface area contributed by atoms with E-state index < -0.39 is 5.41 Å². The highest BCUT2D eigenvalue weighted by Gasteiger charge is 2.24. The summed E-state index contributed by atoms with van der Waals surface area (Å²) in [6, 6.07) is 1.91. The summed E-state index contributed by atoms with van der Waals surface area (Å²) in [5.41, 5.74) is -0.216. The summed E-state index contributed by atoms with van der Waals surface area (Å²) in [7, 11) is 0. The van der Waals surface area contributed by atoms with E-state index in [9.17, 15) is 4.79 Å². The van der Waals surface area contributed by atoms with Crippen molar-refractivity contribution in [3.05, 3.63) is 18.2 Å². The lowest BCUT2D eigenvalue weighted by Crippen LogP contribution is -2.27. The molecule has 0 spiro atoms. The molecule has 1 heterocycles. The first-order valence-corrected chi connectivity index (χ1v) is 3.94. The maximum atomic E-state index is 11.7. The van der Waals surface area contributed by atoms with Crippen molar-refractivity contribution >= 4 is 5.91 Å². The largest absolute Gasteiger partial charge is 0.273 e. The van der Waals surface area contributed by atoms with Crippen LogP contribution in [0, 0.1) is 16.7 Å². The van der Waals surface area contributed by atoms with Gasteiger partial charge in [-0.3, -0.25) is 9.36 Å². The van der Waals surface area contributed by atoms with Crippen LogP contribution in [0.3, 0.4) is 0 Å². The fourth-order valence-corrected chi connectivity index (χ4v) is 0.901. The molecule has 0 fully saturated rings. The van der Waals surface area contributed by atoms with Crippen molar-refractivity contribution in [1.82, 2.24) is 9.55 Å². The zero-order valence-electron chi connectivity index (χ0n) is 7.90. The average molecular weight is 177 g/mol. The Labute approximate surface area is 76.8 Å². The minimum Gasteiger partial charge on any atom is -0.273 e. The van der Waals surface area contributed by atoms with Crippen molar-refractivity contribution < 1.29 is 4.79 Å². The van der Waals surface area contributed by atoms with Gasteiger partial charge in [-0.25, -0.2) is 4.98 Å². The Hall–Kier alpha value is -1.63. The second kappa shape index (κ2) is 3.02. The monoisotopic (exact) mass is 177 g/mol. The Kier molecular flexibility index (Phi) is 2.20. The lowest BCUT2D eigenvalue weighted by atomic mass is 9.95. The van der Waals surface area contributed by atoms with Crippen molar-refractivity contribution in [3.8, 4) is 6.07 Å². The molecule has 1 rings (SSSR count). The number of hydrogen-bond donors (Lipinski definition) is 0. The molecule has 4 heteroatoms. The fraction of sp³-hybridized carbons (Fsp3) is 0.444. The van der Waals surface area contributed by atoms with Gasteiger partial charge in [-0.1, -0.05) is 20.8 Å². The minimum absolute atomic E-state index is 0.124. The summed E-state index contributed by atoms with van der Waals surface area (Å²) < 4.78 is 1.28. The van der Waals surface area contributed by atoms with Crippen molar-refractivity contribution in [2.45, 2.75) is 20.8 Å². The third kappa shape index (κ3) is 1.75. The van der Waals surface area contributed by atoms with Gasteiger partial charge in [0.15, 0.2) is 0 Å². The number of imidazole rings is 1. The van der Waals surface area contributed by atoms with Gasteiger partial charge >= 0.3 is 0 Å². The Bertz CT molecular complexity index is 365. The predicted molar refractivity (Wildman–Crippen MR) is 47.0 cm³/mol. The third-order valence-corrected chi connectivity index (χ3v) is 1.61. The van der Waals surface area contributed by atoms with Gasteiger partial charge in [0.05, 0.1) is 6.20 Å². The van der Waals surface area contributed by atoms with E-state index in [1.54, 1.807) is 20.8 Å². The van der Waals surface area contributed by atoms with Gasteiger partial charge in [-0.05, 0) is 0 Å². The van der Waals surface area contributed by atoms with Gasteiger partial charge < -0.3 is 0 Å². The molecular formula is C9H11N3O. The molecule has 0 bridgehead atoms. The predicted octanol–water partition coefficient (Wildman–Crippen LogP) is 1.44. The summed E-state index contributed by atoms with van der Waals surface area (Å²) in [6.45, 7) is 5.41. The smallest absolute Gasteiger partial charge is 0.238 e. The van der Waals surface area contributed by atoms with Crippen molar-refractivity contribution in [2.24, 2.45) is 5.41 Å². The number of aromatic nitrogens is 2. The number of nitrogens with zero attached hydrogens (tertiary/aromatic N) is 3. The van der Waals surface area contributed by atoms with Crippen LogP contribution >= 0.6 is 0 Å². The number of rotatable bonds is 0. The van der Waals surface area contributed by atoms with Crippen LogP contribution in [0.2, 0.25) is 0 Å². The number of carbonyl (C=O) groups is 1. The second-order valence-electron chi connectivity index (χ2n) is 3.82. The molecule has 0 unspecified atom stereocenters. The minimum atomic E-state index is -0.494. The topological polar surface area (TPSA) is 58.7 Å². The molecule has 0 aliphatic heterocycles. The zero-order valence-corrected chi connectivity index (χ0v) is 7.90. The van der Waals surface area contributed by atoms with E-state index >= 15 is 0 Å². The van der Waals surface area contributed by atoms with E-state index in [-0.39, 0.29) is 11.6 Å². The molecular weight excluding hydrogens is 166 g/mol. The molecule has 0 aliphatic rings. The standard InChI is InChI=1S/C9H11N3O/c1-9(2,3)8(13)12-6-11-5-7(12)4-10/h5-6H,1-3H3. The number of nitriles is 1. The maximum Gasteiger partial charge on any atom is 0.238 e. The van der Waals surface area contributed by atoms with E-state index in [0.29, 0.717) is 0 Å². The molecule has 0 radical (unpaired) electrons. The molecule has 0 saturated carbocycles. The zero-order chi connectivity index (χ0) is 10.1. The molecule has 0 saturated heterocycles. The summed E-state index contributed by atoms with van der Waals surface area (Å²) in [4.78, 5) is 15.4. The molecule has 1 aromatic rings. The van der Waals surface area contributed by atoms with Crippen LogP contribution in [0.15, 0.2) is 12.5 Å². The van der Waals surface area contributed by atoms with Crippen LogP contribution in [-0.4, -0.2) is 15.5 Å². The lowest BCUT2D eigenvalue weighted by Gasteiger charge is -2.16. The highest BCUT2D eigenvalue weighted by molar-refractivity contribution is 5.84. The molecule has 4 nitrogen and oxygen atoms in total. The lowest BCUT2D eigenvalue weighted by molar-refractivity contribution is 0.0765. The molecule has 0 aromatic carbocycles. The van der Waals surface area contributed by atoms with E-state index in [4.69, 9.17) is 5.26 Å². The normalized spacial score (nSPS) is 10.9. The number of hydrogen-bond acceptors (Lipinski definition) is 3. The highest BCUT2D eigenvalue weighted by atomic mass is 16.2. The summed E-state index contributed by atoms with van der Waals surface area (Å²) in [6.07, 6.45) is 2.75. The molecule has 13 heavy (non-hydrogen) atoms. The molecule has 68 valence electrons. The van der Waals surface area contributed by atoms with Gasteiger partial charge in [-0.15, -0.1) is 0 Å². The fourth-order valence-electron chi connectivity index (χ4n) is 0.901. The quantitative estimate of drug-likeness (QED) is 0.602. The first-order valence-electron chi connectivity index (χ1n) is 3.94. The van der Waals surface area contributed by atoms with Crippen LogP contribution in [-0.2, 0) is 0 Å². The van der Waals surface area contributed by atoms with Gasteiger partial charge in [0.25, 0.3) is 0 Å². The molecule has 0 atom stereocenters. The van der Waals surface area contributed by atoms with Crippen LogP contribution in [0.4, 0.5) is 0 Å². The average Bonchev–Trinajstić information content (AvgIpc) is 2.48. The Morgan fingerprint density at radius 1 is 1.62 bits per heavy atom. The Morgan fingerprint density at radius 3 is 2.69 bits per heavy atom. The summed E-state index contributed by atoms with van der Waals surface area (Å²) in [5, 5.41) is 8.66. The SMILES string of the molecule is CC(C)(C)C(=O)n1cncc1C#N. The molecule has 0 N–H and O–H groups in total. The molecule has 0 aliphatic carbocycles. The van der Waals surface area contributed by atoms with Gasteiger partial charge in [0.2, 0.25) is 5.91 Å². The second-order valence-corrected chi connectivity index (χ2v) is 3.82. The highest BCUT2D eigenvalue weighted by Crippen LogP contribution is 2.17. The summed E-state index contributed by atoms with van der Waals surface area (Å²) >= 11 is 0. The van der Waals surface area contributed by atoms with Crippen molar-refractivity contribution in [1.29, 1.82) is 5.26 Å². The van der Waals surface area contributed by atoms with Crippen LogP contribution < -0.4 is 0 Å². The Balaban J connectivity index is 3.11. The first-order chi connectivity index (χ1) is 5.96.